The van der Waals surface area contributed by atoms with Crippen molar-refractivity contribution in [3.05, 3.63) is 35.9 Å². The van der Waals surface area contributed by atoms with Crippen molar-refractivity contribution in [2.45, 2.75) is 37.8 Å². The van der Waals surface area contributed by atoms with Crippen LogP contribution in [0.1, 0.15) is 38.3 Å². The second-order valence-electron chi connectivity index (χ2n) is 4.29. The van der Waals surface area contributed by atoms with Gasteiger partial charge in [0.05, 0.1) is 0 Å². The summed E-state index contributed by atoms with van der Waals surface area (Å²) in [7, 11) is 0. The van der Waals surface area contributed by atoms with Crippen LogP contribution in [0.25, 0.3) is 0 Å². The molecule has 84 valence electrons. The molecule has 1 rings (SSSR count). The molecule has 1 nitrogen and oxygen atoms in total. The van der Waals surface area contributed by atoms with Crippen LogP contribution in [0, 0.1) is 0 Å². The van der Waals surface area contributed by atoms with Gasteiger partial charge in [-0.05, 0) is 0 Å². The molecule has 1 aromatic rings. The van der Waals surface area contributed by atoms with Crippen LogP contribution >= 0.6 is 0 Å². The van der Waals surface area contributed by atoms with Gasteiger partial charge < -0.3 is 0 Å². The summed E-state index contributed by atoms with van der Waals surface area (Å²) >= 11 is 2.27. The van der Waals surface area contributed by atoms with E-state index in [1.165, 1.54) is 23.5 Å². The quantitative estimate of drug-likeness (QED) is 0.624. The number of nitrogens with zero attached hydrogens (tertiary/aromatic N) is 1. The molecule has 0 spiro atoms. The summed E-state index contributed by atoms with van der Waals surface area (Å²) in [6.45, 7) is 6.79. The summed E-state index contributed by atoms with van der Waals surface area (Å²) < 4.78 is 0. The Morgan fingerprint density at radius 3 is 2.25 bits per heavy atom. The van der Waals surface area contributed by atoms with E-state index in [1.54, 1.807) is 0 Å². The van der Waals surface area contributed by atoms with E-state index in [2.05, 4.69) is 66.8 Å². The molecule has 0 aromatic heterocycles. The van der Waals surface area contributed by atoms with Gasteiger partial charge in [0, 0.05) is 0 Å². The molecule has 1 atom stereocenters. The van der Waals surface area contributed by atoms with Crippen LogP contribution in [0.3, 0.4) is 0 Å². The fraction of sp³-hybridized carbons (Fsp3) is 0.571. The van der Waals surface area contributed by atoms with E-state index in [9.17, 15) is 0 Å². The molecule has 1 aromatic carbocycles. The van der Waals surface area contributed by atoms with E-state index in [-0.39, 0.29) is 0 Å². The number of hydrogen-bond acceptors (Lipinski definition) is 1. The van der Waals surface area contributed by atoms with Crippen LogP contribution in [0.4, 0.5) is 0 Å². The molecule has 1 unspecified atom stereocenters. The Balaban J connectivity index is 2.78. The summed E-state index contributed by atoms with van der Waals surface area (Å²) in [5.41, 5.74) is 1.47. The third-order valence-corrected chi connectivity index (χ3v) is 3.27. The average molecular weight is 211 g/mol. The van der Waals surface area contributed by atoms with Crippen molar-refractivity contribution in [3.8, 4) is 0 Å². The predicted octanol–water partition coefficient (Wildman–Crippen LogP) is 3.44. The Kier molecular flexibility index (Phi) is 6.88. The Morgan fingerprint density at radius 1 is 1.12 bits per heavy atom. The van der Waals surface area contributed by atoms with E-state index < -0.39 is 0 Å². The van der Waals surface area contributed by atoms with E-state index in [4.69, 9.17) is 0 Å². The molecule has 0 radical (unpaired) electrons. The van der Waals surface area contributed by atoms with Crippen molar-refractivity contribution in [1.82, 2.24) is 4.90 Å². The molecule has 16 heavy (non-hydrogen) atoms. The van der Waals surface area contributed by atoms with Crippen LogP contribution in [0.15, 0.2) is 30.3 Å². The van der Waals surface area contributed by atoms with Crippen molar-refractivity contribution in [1.29, 1.82) is 0 Å². The third-order valence-electron chi connectivity index (χ3n) is 3.27. The number of benzene rings is 1. The van der Waals surface area contributed by atoms with Gasteiger partial charge in [-0.25, -0.2) is 0 Å². The zero-order chi connectivity index (χ0) is 11.8. The van der Waals surface area contributed by atoms with Gasteiger partial charge in [-0.15, -0.1) is 0 Å². The summed E-state index contributed by atoms with van der Waals surface area (Å²) in [4.78, 5) is 2.56. The number of rotatable bonds is 7. The van der Waals surface area contributed by atoms with Crippen LogP contribution in [-0.2, 0) is 0 Å². The van der Waals surface area contributed by atoms with Crippen molar-refractivity contribution < 1.29 is 0 Å². The van der Waals surface area contributed by atoms with Gasteiger partial charge in [0.2, 0.25) is 0 Å². The second-order valence-corrected chi connectivity index (χ2v) is 4.29. The van der Waals surface area contributed by atoms with E-state index in [0.29, 0.717) is 6.04 Å². The van der Waals surface area contributed by atoms with E-state index >= 15 is 0 Å². The standard InChI is InChI=1S/C14H22N.Li/c1-4-10-14(15(5-2)6-3)13-11-8-7-9-12-13;/h7-9,11-12,14H,1,4-6,10H2,2-3H3;. The predicted molar refractivity (Wildman–Crippen MR) is 71.9 cm³/mol. The van der Waals surface area contributed by atoms with E-state index in [1.807, 2.05) is 0 Å². The Labute approximate surface area is 109 Å². The van der Waals surface area contributed by atoms with Crippen LogP contribution < -0.4 is 0 Å². The number of hydrogen-bond donors (Lipinski definition) is 0. The molecule has 0 fully saturated rings. The van der Waals surface area contributed by atoms with Gasteiger partial charge in [0.25, 0.3) is 0 Å². The normalized spacial score (nSPS) is 13.1. The van der Waals surface area contributed by atoms with Gasteiger partial charge in [-0.2, -0.15) is 0 Å². The summed E-state index contributed by atoms with van der Waals surface area (Å²) in [6, 6.07) is 11.5. The van der Waals surface area contributed by atoms with Crippen molar-refractivity contribution in [2.75, 3.05) is 13.1 Å². The first kappa shape index (κ1) is 13.8. The first-order chi connectivity index (χ1) is 7.83. The zero-order valence-corrected chi connectivity index (χ0v) is 10.9. The van der Waals surface area contributed by atoms with Crippen LogP contribution in [0.2, 0.25) is 5.09 Å². The first-order valence-corrected chi connectivity index (χ1v) is 6.62. The average Bonchev–Trinajstić information content (AvgIpc) is 2.35. The Bertz CT molecular complexity index is 269. The van der Waals surface area contributed by atoms with Crippen molar-refractivity contribution in [3.63, 3.8) is 0 Å². The molecule has 0 saturated heterocycles. The van der Waals surface area contributed by atoms with Crippen LogP contribution in [0.5, 0.6) is 0 Å². The molecular formula is C14H22LiN. The van der Waals surface area contributed by atoms with Gasteiger partial charge >= 0.3 is 109 Å². The minimum absolute atomic E-state index is 0.608. The monoisotopic (exact) mass is 211 g/mol. The van der Waals surface area contributed by atoms with Gasteiger partial charge in [-0.1, -0.05) is 0 Å². The Morgan fingerprint density at radius 2 is 1.75 bits per heavy atom. The van der Waals surface area contributed by atoms with E-state index in [0.717, 1.165) is 13.1 Å². The fourth-order valence-electron chi connectivity index (χ4n) is 2.30. The molecule has 2 heteroatoms. The minimum atomic E-state index is 0.608. The summed E-state index contributed by atoms with van der Waals surface area (Å²) in [5, 5.41) is 1.28. The molecule has 0 aliphatic carbocycles. The molecule has 0 heterocycles. The van der Waals surface area contributed by atoms with Crippen molar-refractivity contribution in [2.24, 2.45) is 0 Å². The summed E-state index contributed by atoms with van der Waals surface area (Å²) in [6.07, 6.45) is 2.60. The maximum atomic E-state index is 2.56. The topological polar surface area (TPSA) is 3.24 Å². The molecule has 0 N–H and O–H groups in total. The van der Waals surface area contributed by atoms with Crippen molar-refractivity contribution >= 4 is 17.7 Å². The first-order valence-electron chi connectivity index (χ1n) is 6.62. The van der Waals surface area contributed by atoms with Gasteiger partial charge in [0.1, 0.15) is 0 Å². The molecule has 0 bridgehead atoms. The summed E-state index contributed by atoms with van der Waals surface area (Å²) in [5.74, 6) is 0. The Hall–Kier alpha value is -0.223. The molecule has 0 aliphatic heterocycles. The zero-order valence-electron chi connectivity index (χ0n) is 10.9. The van der Waals surface area contributed by atoms with Gasteiger partial charge in [-0.3, -0.25) is 0 Å². The molecule has 0 amide bonds. The maximum absolute atomic E-state index is 2.56. The third kappa shape index (κ3) is 3.98. The van der Waals surface area contributed by atoms with Gasteiger partial charge in [0.15, 0.2) is 0 Å². The molecule has 0 saturated carbocycles. The fourth-order valence-corrected chi connectivity index (χ4v) is 2.30. The second kappa shape index (κ2) is 7.96. The molecule has 0 aliphatic rings. The SMILES string of the molecule is [Li][CH2]CCC(c1ccccc1)N(CC)CC. The van der Waals surface area contributed by atoms with Crippen LogP contribution in [-0.4, -0.2) is 35.7 Å². The molecular weight excluding hydrogens is 189 g/mol.